The summed E-state index contributed by atoms with van der Waals surface area (Å²) >= 11 is 6.83. The van der Waals surface area contributed by atoms with Gasteiger partial charge in [-0.15, -0.1) is 11.6 Å². The topological polar surface area (TPSA) is 308 Å². The predicted octanol–water partition coefficient (Wildman–Crippen LogP) is 5.81. The van der Waals surface area contributed by atoms with Crippen LogP contribution in [0, 0.1) is 47.3 Å². The van der Waals surface area contributed by atoms with Crippen molar-refractivity contribution in [1.29, 1.82) is 0 Å². The smallest absolute Gasteiger partial charge is 0.247 e. The summed E-state index contributed by atoms with van der Waals surface area (Å²) in [5, 5.41) is 21.8. The van der Waals surface area contributed by atoms with Gasteiger partial charge < -0.3 is 70.3 Å². The van der Waals surface area contributed by atoms with Gasteiger partial charge in [0.05, 0.1) is 32.3 Å². The van der Waals surface area contributed by atoms with Gasteiger partial charge in [-0.1, -0.05) is 134 Å². The van der Waals surface area contributed by atoms with Crippen LogP contribution in [-0.4, -0.2) is 269 Å². The number of aliphatic hydroxyl groups excluding tert-OH is 1. The number of ether oxygens (including phenoxy) is 1. The van der Waals surface area contributed by atoms with E-state index in [0.717, 1.165) is 56.3 Å². The molecule has 2 aliphatic heterocycles. The molecule has 0 bridgehead atoms. The number of nitrogens with one attached hydrogen (secondary N) is 4. The lowest BCUT2D eigenvalue weighted by Gasteiger charge is -2.40. The molecule has 2 saturated heterocycles. The van der Waals surface area contributed by atoms with Crippen LogP contribution in [0.3, 0.4) is 0 Å². The normalized spacial score (nSPS) is 28.6. The van der Waals surface area contributed by atoms with E-state index < -0.39 is 175 Å². The molecule has 0 radical (unpaired) electrons. The van der Waals surface area contributed by atoms with Gasteiger partial charge in [-0.3, -0.25) is 57.5 Å². The van der Waals surface area contributed by atoms with Crippen molar-refractivity contribution >= 4 is 82.5 Å². The van der Waals surface area contributed by atoms with Crippen LogP contribution in [0.1, 0.15) is 212 Å². The highest BCUT2D eigenvalue weighted by Crippen LogP contribution is 2.34. The first-order valence-electron chi connectivity index (χ1n) is 38.5. The Bertz CT molecular complexity index is 2830. The predicted molar refractivity (Wildman–Crippen MR) is 397 cm³/mol. The molecule has 2 heterocycles. The molecule has 0 aromatic rings. The number of amides is 12. The Morgan fingerprint density at radius 2 is 1.00 bits per heavy atom. The number of halogens is 1. The average Bonchev–Trinajstić information content (AvgIpc) is 0.815. The summed E-state index contributed by atoms with van der Waals surface area (Å²) < 4.78 is 5.87. The third kappa shape index (κ3) is 26.1. The van der Waals surface area contributed by atoms with E-state index in [1.165, 1.54) is 78.6 Å². The molecule has 14 atom stereocenters. The summed E-state index contributed by atoms with van der Waals surface area (Å²) in [5.41, 5.74) is 0. The van der Waals surface area contributed by atoms with Crippen LogP contribution >= 0.6 is 11.6 Å². The van der Waals surface area contributed by atoms with Crippen molar-refractivity contribution in [3.05, 3.63) is 0 Å². The van der Waals surface area contributed by atoms with Gasteiger partial charge in [0.2, 0.25) is 70.9 Å². The average molecular weight is 1470 g/mol. The van der Waals surface area contributed by atoms with Crippen molar-refractivity contribution < 1.29 is 67.4 Å². The SMILES string of the molecule is CC[C@H](C)[C@H]1C(=O)N[C@@H](C(C)C)C(=O)N(C)CC(=O)N(C)[C@@H](CC(C)C)C(=O)N[C@H](C(=O)N2CCCCC2)CC(=O)N(C)[C@@H](C(C)C)C(=O)N[C@@H](COC[C@@H](C)O)C(=O)N(C)[C@@H](CC(C)C)C(=O)N(C)[C@@H](CC2CCCC(Cl)C2)C(=O)N[C@@H](CC(C)C)C(=O)N(C)[C@@H](CC2CCCCC2)C(=O)N1C. The van der Waals surface area contributed by atoms with Crippen LogP contribution < -0.4 is 21.3 Å². The van der Waals surface area contributed by atoms with Crippen molar-refractivity contribution in [2.45, 2.75) is 284 Å². The standard InChI is InChI=1S/C76H133ClN12O14/c1-21-50(12)66-70(96)81-64(48(8)9)76(102)82(14)42-63(92)83(15)58(36-46(4)5)67(93)79-56(73(99)89-33-26-23-27-34-89)41-62(91)87(19)65(49(10)11)69(95)80-57(44-103-43-51(13)90)72(98)85(17)60(37-47(6)7)74(100)84(16)59(40-53-31-28-32-54(77)38-53)68(94)78-55(35-45(2)3)71(97)86(18)61(75(101)88(66)20)39-52-29-24-22-25-30-52/h45-61,64-66,90H,21-44H2,1-20H3,(H,78,94)(H,79,93)(H,80,95)(H,81,96)/t50-,51+,53?,54?,55-,56-,57-,58-,59-,60-,61-,64-,65-,66-/m0/s1. The number of nitrogens with zero attached hydrogens (tertiary/aromatic N) is 8. The summed E-state index contributed by atoms with van der Waals surface area (Å²) in [6, 6.07) is -12.7. The Balaban J connectivity index is 2.01. The molecule has 2 unspecified atom stereocenters. The van der Waals surface area contributed by atoms with E-state index in [0.29, 0.717) is 45.2 Å². The maximum absolute atomic E-state index is 15.7. The summed E-state index contributed by atoms with van der Waals surface area (Å²) in [6.07, 6.45) is 9.07. The molecule has 0 spiro atoms. The number of carbonyl (C=O) groups excluding carboxylic acids is 12. The fourth-order valence-electron chi connectivity index (χ4n) is 15.2. The van der Waals surface area contributed by atoms with Gasteiger partial charge in [0.15, 0.2) is 0 Å². The zero-order valence-corrected chi connectivity index (χ0v) is 67.0. The number of carbonyl (C=O) groups is 12. The first-order valence-corrected chi connectivity index (χ1v) is 38.9. The molecule has 4 aliphatic rings. The first-order chi connectivity index (χ1) is 48.2. The van der Waals surface area contributed by atoms with E-state index >= 15 is 33.6 Å². The molecule has 26 nitrogen and oxygen atoms in total. The van der Waals surface area contributed by atoms with Gasteiger partial charge in [-0.25, -0.2) is 0 Å². The lowest BCUT2D eigenvalue weighted by molar-refractivity contribution is -0.153. The van der Waals surface area contributed by atoms with Gasteiger partial charge in [0.25, 0.3) is 0 Å². The van der Waals surface area contributed by atoms with Crippen molar-refractivity contribution in [2.75, 3.05) is 82.2 Å². The second-order valence-corrected chi connectivity index (χ2v) is 33.1. The van der Waals surface area contributed by atoms with E-state index in [2.05, 4.69) is 21.3 Å². The fraction of sp³-hybridized carbons (Fsp3) is 0.842. The molecule has 4 rings (SSSR count). The largest absolute Gasteiger partial charge is 0.391 e. The highest BCUT2D eigenvalue weighted by Gasteiger charge is 2.46. The molecule has 12 amide bonds. The van der Waals surface area contributed by atoms with Crippen molar-refractivity contribution in [2.24, 2.45) is 47.3 Å². The number of hydrogen-bond donors (Lipinski definition) is 5. The third-order valence-corrected chi connectivity index (χ3v) is 22.0. The minimum absolute atomic E-state index is 0.0359. The molecule has 2 aliphatic carbocycles. The zero-order valence-electron chi connectivity index (χ0n) is 66.2. The Labute approximate surface area is 621 Å². The Hall–Kier alpha value is -6.15. The molecule has 0 aromatic carbocycles. The van der Waals surface area contributed by atoms with Crippen molar-refractivity contribution in [1.82, 2.24) is 60.5 Å². The molecular weight excluding hydrogens is 1340 g/mol. The summed E-state index contributed by atoms with van der Waals surface area (Å²) in [7, 11) is 10.2. The molecule has 588 valence electrons. The monoisotopic (exact) mass is 1470 g/mol. The van der Waals surface area contributed by atoms with Gasteiger partial charge in [-0.2, -0.15) is 0 Å². The molecule has 5 N–H and O–H groups in total. The van der Waals surface area contributed by atoms with Crippen LogP contribution in [0.5, 0.6) is 0 Å². The second kappa shape index (κ2) is 42.3. The number of hydrogen-bond acceptors (Lipinski definition) is 14. The summed E-state index contributed by atoms with van der Waals surface area (Å²) in [4.78, 5) is 192. The van der Waals surface area contributed by atoms with Gasteiger partial charge >= 0.3 is 0 Å². The Kier molecular flexibility index (Phi) is 36.6. The number of piperidine rings is 1. The van der Waals surface area contributed by atoms with Crippen molar-refractivity contribution in [3.63, 3.8) is 0 Å². The van der Waals surface area contributed by atoms with E-state index in [4.69, 9.17) is 16.3 Å². The molecule has 103 heavy (non-hydrogen) atoms. The van der Waals surface area contributed by atoms with Crippen molar-refractivity contribution in [3.8, 4) is 0 Å². The highest BCUT2D eigenvalue weighted by atomic mass is 35.5. The number of aliphatic hydroxyl groups is 1. The second-order valence-electron chi connectivity index (χ2n) is 32.5. The molecule has 27 heteroatoms. The molecular formula is C76H133ClN12O14. The lowest BCUT2D eigenvalue weighted by Crippen LogP contribution is -2.62. The number of likely N-dealkylation sites (tertiary alicyclic amines) is 1. The van der Waals surface area contributed by atoms with E-state index in [9.17, 15) is 29.1 Å². The number of alkyl halides is 1. The molecule has 2 saturated carbocycles. The highest BCUT2D eigenvalue weighted by molar-refractivity contribution is 6.20. The maximum atomic E-state index is 15.7. The maximum Gasteiger partial charge on any atom is 0.247 e. The fourth-order valence-corrected chi connectivity index (χ4v) is 15.6. The van der Waals surface area contributed by atoms with Crippen LogP contribution in [0.2, 0.25) is 0 Å². The number of rotatable bonds is 19. The quantitative estimate of drug-likeness (QED) is 0.0954. The van der Waals surface area contributed by atoms with Crippen LogP contribution in [0.25, 0.3) is 0 Å². The van der Waals surface area contributed by atoms with E-state index in [-0.39, 0.29) is 73.7 Å². The first kappa shape index (κ1) is 89.2. The Morgan fingerprint density at radius 3 is 1.55 bits per heavy atom. The van der Waals surface area contributed by atoms with E-state index in [1.54, 1.807) is 39.6 Å². The third-order valence-electron chi connectivity index (χ3n) is 21.6. The summed E-state index contributed by atoms with van der Waals surface area (Å²) in [5.74, 6) is -10.1. The Morgan fingerprint density at radius 1 is 0.495 bits per heavy atom. The van der Waals surface area contributed by atoms with Crippen LogP contribution in [0.4, 0.5) is 0 Å². The minimum Gasteiger partial charge on any atom is -0.391 e. The summed E-state index contributed by atoms with van der Waals surface area (Å²) in [6.45, 7) is 22.8. The minimum atomic E-state index is -1.52. The van der Waals surface area contributed by atoms with Crippen LogP contribution in [0.15, 0.2) is 0 Å². The number of likely N-dealkylation sites (N-methyl/N-ethyl adjacent to an activating group) is 7. The molecule has 0 aromatic heterocycles. The van der Waals surface area contributed by atoms with Gasteiger partial charge in [0, 0.05) is 67.8 Å². The van der Waals surface area contributed by atoms with Gasteiger partial charge in [0.1, 0.15) is 60.4 Å². The van der Waals surface area contributed by atoms with Gasteiger partial charge in [-0.05, 0) is 118 Å². The lowest BCUT2D eigenvalue weighted by atomic mass is 9.83. The molecule has 4 fully saturated rings. The van der Waals surface area contributed by atoms with E-state index in [1.807, 2.05) is 55.4 Å². The van der Waals surface area contributed by atoms with Crippen LogP contribution in [-0.2, 0) is 62.3 Å². The zero-order chi connectivity index (χ0) is 77.6.